The summed E-state index contributed by atoms with van der Waals surface area (Å²) in [6, 6.07) is 28.2. The van der Waals surface area contributed by atoms with Crippen LogP contribution >= 0.6 is 0 Å². The molecule has 4 aromatic carbocycles. The molecule has 0 radical (unpaired) electrons. The Bertz CT molecular complexity index is 1680. The predicted molar refractivity (Wildman–Crippen MR) is 196 cm³/mol. The van der Waals surface area contributed by atoms with E-state index >= 15 is 0 Å². The number of hydrogen-bond donors (Lipinski definition) is 3. The number of hydrogen-bond acceptors (Lipinski definition) is 6. The van der Waals surface area contributed by atoms with Crippen molar-refractivity contribution in [1.29, 1.82) is 0 Å². The molecule has 260 valence electrons. The molecule has 4 aromatic rings. The molecule has 0 fully saturated rings. The van der Waals surface area contributed by atoms with Crippen LogP contribution < -0.4 is 15.4 Å². The van der Waals surface area contributed by atoms with E-state index in [1.165, 1.54) is 5.56 Å². The summed E-state index contributed by atoms with van der Waals surface area (Å²) in [7, 11) is 2.09. The Balaban J connectivity index is 1.39. The van der Waals surface area contributed by atoms with Crippen LogP contribution in [0.15, 0.2) is 91.0 Å². The average Bonchev–Trinajstić information content (AvgIpc) is 3.10. The number of nitrogens with one attached hydrogen (secondary N) is 2. The summed E-state index contributed by atoms with van der Waals surface area (Å²) in [6.07, 6.45) is 2.36. The lowest BCUT2D eigenvalue weighted by atomic mass is 10.0. The molecule has 1 heterocycles. The number of amides is 3. The van der Waals surface area contributed by atoms with E-state index in [0.717, 1.165) is 36.6 Å². The van der Waals surface area contributed by atoms with Gasteiger partial charge in [0, 0.05) is 43.2 Å². The van der Waals surface area contributed by atoms with Gasteiger partial charge in [0.05, 0.1) is 36.1 Å². The first-order valence-electron chi connectivity index (χ1n) is 17.3. The van der Waals surface area contributed by atoms with Crippen molar-refractivity contribution in [2.45, 2.75) is 64.8 Å². The first-order chi connectivity index (χ1) is 23.7. The van der Waals surface area contributed by atoms with Crippen LogP contribution in [0.5, 0.6) is 5.75 Å². The maximum Gasteiger partial charge on any atom is 0.323 e. The number of aliphatic hydroxyl groups is 1. The highest BCUT2D eigenvalue weighted by molar-refractivity contribution is 6.07. The van der Waals surface area contributed by atoms with E-state index in [4.69, 9.17) is 9.47 Å². The van der Waals surface area contributed by atoms with Crippen molar-refractivity contribution in [2.75, 3.05) is 44.0 Å². The zero-order valence-corrected chi connectivity index (χ0v) is 29.1. The summed E-state index contributed by atoms with van der Waals surface area (Å²) < 4.78 is 12.9. The van der Waals surface area contributed by atoms with Gasteiger partial charge in [-0.05, 0) is 75.4 Å². The van der Waals surface area contributed by atoms with Crippen molar-refractivity contribution in [1.82, 2.24) is 9.80 Å². The largest absolute Gasteiger partial charge is 0.490 e. The Hall–Kier alpha value is -4.44. The molecule has 0 saturated carbocycles. The second-order valence-electron chi connectivity index (χ2n) is 13.3. The van der Waals surface area contributed by atoms with Crippen molar-refractivity contribution in [2.24, 2.45) is 5.92 Å². The monoisotopic (exact) mass is 666 g/mol. The lowest BCUT2D eigenvalue weighted by Crippen LogP contribution is -2.47. The van der Waals surface area contributed by atoms with Gasteiger partial charge in [-0.1, -0.05) is 73.7 Å². The van der Waals surface area contributed by atoms with Crippen LogP contribution in [0.2, 0.25) is 0 Å². The third-order valence-corrected chi connectivity index (χ3v) is 9.13. The standard InChI is InChI=1S/C40H50N4O5/c1-28-24-44(29(2)27-45)39(46)35-23-33(41-40(47)42-36-19-12-17-32-16-8-9-18-34(32)36)20-21-37(35)49-30(3)13-10-11-22-48-38(28)26-43(4)25-31-14-6-5-7-15-31/h5-9,12,14-21,23,28-30,38,45H,10-11,13,22,24-27H2,1-4H3,(H2,41,42,47)/t28-,29-,30-,38+/m1/s1. The summed E-state index contributed by atoms with van der Waals surface area (Å²) >= 11 is 0. The number of urea groups is 1. The SMILES string of the molecule is C[C@@H]1CCCCO[C@@H](CN(C)Cc2ccccc2)[C@H](C)CN([C@H](C)CO)C(=O)c2cc(NC(=O)Nc3cccc4ccccc34)ccc2O1. The lowest BCUT2D eigenvalue weighted by Gasteiger charge is -2.36. The zero-order chi connectivity index (χ0) is 34.8. The zero-order valence-electron chi connectivity index (χ0n) is 29.1. The first-order valence-corrected chi connectivity index (χ1v) is 17.3. The number of carbonyl (C=O) groups excluding carboxylic acids is 2. The highest BCUT2D eigenvalue weighted by Crippen LogP contribution is 2.29. The smallest absolute Gasteiger partial charge is 0.323 e. The Morgan fingerprint density at radius 2 is 1.73 bits per heavy atom. The summed E-state index contributed by atoms with van der Waals surface area (Å²) in [4.78, 5) is 31.6. The van der Waals surface area contributed by atoms with Gasteiger partial charge in [0.15, 0.2) is 0 Å². The minimum Gasteiger partial charge on any atom is -0.490 e. The summed E-state index contributed by atoms with van der Waals surface area (Å²) in [5.41, 5.74) is 2.70. The molecule has 0 bridgehead atoms. The molecule has 5 rings (SSSR count). The van der Waals surface area contributed by atoms with Crippen molar-refractivity contribution in [3.05, 3.63) is 102 Å². The molecule has 3 N–H and O–H groups in total. The maximum atomic E-state index is 14.5. The maximum absolute atomic E-state index is 14.5. The fourth-order valence-electron chi connectivity index (χ4n) is 6.35. The molecule has 4 atom stereocenters. The number of nitrogens with zero attached hydrogens (tertiary/aromatic N) is 2. The molecule has 0 saturated heterocycles. The molecule has 1 aliphatic heterocycles. The second kappa shape index (κ2) is 17.3. The van der Waals surface area contributed by atoms with Crippen molar-refractivity contribution in [3.8, 4) is 5.75 Å². The highest BCUT2D eigenvalue weighted by Gasteiger charge is 2.30. The quantitative estimate of drug-likeness (QED) is 0.181. The molecule has 0 spiro atoms. The highest BCUT2D eigenvalue weighted by atomic mass is 16.5. The van der Waals surface area contributed by atoms with Gasteiger partial charge in [0.1, 0.15) is 5.75 Å². The first kappa shape index (κ1) is 35.9. The molecule has 0 aromatic heterocycles. The van der Waals surface area contributed by atoms with Gasteiger partial charge in [0.25, 0.3) is 5.91 Å². The van der Waals surface area contributed by atoms with Crippen LogP contribution in [0.3, 0.4) is 0 Å². The van der Waals surface area contributed by atoms with E-state index in [9.17, 15) is 14.7 Å². The van der Waals surface area contributed by atoms with Gasteiger partial charge >= 0.3 is 6.03 Å². The third kappa shape index (κ3) is 9.81. The number of anilines is 2. The summed E-state index contributed by atoms with van der Waals surface area (Å²) in [5.74, 6) is 0.144. The topological polar surface area (TPSA) is 103 Å². The number of ether oxygens (including phenoxy) is 2. The Kier molecular flexibility index (Phi) is 12.6. The van der Waals surface area contributed by atoms with Crippen LogP contribution in [0.1, 0.15) is 56.0 Å². The molecule has 9 nitrogen and oxygen atoms in total. The number of aliphatic hydroxyl groups excluding tert-OH is 1. The van der Waals surface area contributed by atoms with Crippen LogP contribution in [-0.2, 0) is 11.3 Å². The fourth-order valence-corrected chi connectivity index (χ4v) is 6.35. The van der Waals surface area contributed by atoms with Gasteiger partial charge in [-0.2, -0.15) is 0 Å². The third-order valence-electron chi connectivity index (χ3n) is 9.13. The van der Waals surface area contributed by atoms with Crippen LogP contribution in [-0.4, -0.2) is 78.4 Å². The molecule has 0 aliphatic carbocycles. The number of carbonyl (C=O) groups is 2. The van der Waals surface area contributed by atoms with Gasteiger partial charge in [-0.15, -0.1) is 0 Å². The van der Waals surface area contributed by atoms with Crippen LogP contribution in [0.25, 0.3) is 10.8 Å². The van der Waals surface area contributed by atoms with Crippen molar-refractivity contribution >= 4 is 34.1 Å². The van der Waals surface area contributed by atoms with Crippen LogP contribution in [0.4, 0.5) is 16.2 Å². The molecular weight excluding hydrogens is 616 g/mol. The second-order valence-corrected chi connectivity index (χ2v) is 13.3. The minimum atomic E-state index is -0.456. The van der Waals surface area contributed by atoms with Gasteiger partial charge in [0.2, 0.25) is 0 Å². The molecule has 1 aliphatic rings. The van der Waals surface area contributed by atoms with Crippen molar-refractivity contribution in [3.63, 3.8) is 0 Å². The number of rotatable bonds is 8. The Morgan fingerprint density at radius 1 is 0.980 bits per heavy atom. The van der Waals surface area contributed by atoms with Gasteiger partial charge in [-0.3, -0.25) is 9.69 Å². The van der Waals surface area contributed by atoms with E-state index in [1.54, 1.807) is 23.1 Å². The predicted octanol–water partition coefficient (Wildman–Crippen LogP) is 7.41. The van der Waals surface area contributed by atoms with E-state index in [0.29, 0.717) is 42.4 Å². The molecule has 3 amide bonds. The number of fused-ring (bicyclic) bond motifs is 2. The Morgan fingerprint density at radius 3 is 2.53 bits per heavy atom. The minimum absolute atomic E-state index is 0.0322. The normalized spacial score (nSPS) is 19.8. The van der Waals surface area contributed by atoms with E-state index in [-0.39, 0.29) is 30.6 Å². The Labute approximate surface area is 290 Å². The summed E-state index contributed by atoms with van der Waals surface area (Å²) in [5, 5.41) is 18.1. The average molecular weight is 667 g/mol. The van der Waals surface area contributed by atoms with E-state index in [2.05, 4.69) is 41.6 Å². The molecular formula is C40H50N4O5. The number of benzene rings is 4. The van der Waals surface area contributed by atoms with E-state index < -0.39 is 12.1 Å². The van der Waals surface area contributed by atoms with Crippen molar-refractivity contribution < 1.29 is 24.2 Å². The molecule has 0 unspecified atom stereocenters. The number of likely N-dealkylation sites (N-methyl/N-ethyl adjacent to an activating group) is 1. The van der Waals surface area contributed by atoms with Crippen LogP contribution in [0, 0.1) is 5.92 Å². The van der Waals surface area contributed by atoms with Gasteiger partial charge in [-0.25, -0.2) is 4.79 Å². The summed E-state index contributed by atoms with van der Waals surface area (Å²) in [6.45, 7) is 8.23. The molecule has 49 heavy (non-hydrogen) atoms. The van der Waals surface area contributed by atoms with E-state index in [1.807, 2.05) is 74.5 Å². The molecule has 9 heteroatoms. The van der Waals surface area contributed by atoms with Gasteiger partial charge < -0.3 is 30.1 Å². The lowest BCUT2D eigenvalue weighted by molar-refractivity contribution is -0.0177. The fraction of sp³-hybridized carbons (Fsp3) is 0.400.